The first-order valence-electron chi connectivity index (χ1n) is 8.99. The summed E-state index contributed by atoms with van der Waals surface area (Å²) in [6, 6.07) is 13.8. The zero-order valence-electron chi connectivity index (χ0n) is 14.9. The van der Waals surface area contributed by atoms with Crippen molar-refractivity contribution < 1.29 is 4.79 Å². The molecule has 140 valence electrons. The number of benzene rings is 1. The minimum Gasteiger partial charge on any atom is -0.336 e. The standard InChI is InChI=1S/C20H21ClN4OS/c21-19-7-6-18(27-19)15-23-10-12-24(13-11-23)20(26)17-4-2-16(3-5-17)14-25-9-1-8-22-25/h1-9H,10-15H2. The third-order valence-electron chi connectivity index (χ3n) is 4.77. The largest absolute Gasteiger partial charge is 0.336 e. The van der Waals surface area contributed by atoms with Crippen LogP contribution in [0, 0.1) is 0 Å². The molecule has 1 fully saturated rings. The van der Waals surface area contributed by atoms with E-state index < -0.39 is 0 Å². The Balaban J connectivity index is 1.31. The van der Waals surface area contributed by atoms with Gasteiger partial charge in [0.1, 0.15) is 0 Å². The second kappa shape index (κ2) is 8.25. The van der Waals surface area contributed by atoms with E-state index in [-0.39, 0.29) is 5.91 Å². The summed E-state index contributed by atoms with van der Waals surface area (Å²) >= 11 is 7.63. The first kappa shape index (κ1) is 18.2. The van der Waals surface area contributed by atoms with Crippen molar-refractivity contribution in [1.29, 1.82) is 0 Å². The van der Waals surface area contributed by atoms with E-state index in [9.17, 15) is 4.79 Å². The molecule has 0 radical (unpaired) electrons. The summed E-state index contributed by atoms with van der Waals surface area (Å²) in [4.78, 5) is 18.4. The molecule has 1 amide bonds. The Labute approximate surface area is 167 Å². The summed E-state index contributed by atoms with van der Waals surface area (Å²) < 4.78 is 2.70. The van der Waals surface area contributed by atoms with E-state index >= 15 is 0 Å². The van der Waals surface area contributed by atoms with Gasteiger partial charge in [-0.3, -0.25) is 14.4 Å². The number of piperazine rings is 1. The Hall–Kier alpha value is -2.15. The molecule has 27 heavy (non-hydrogen) atoms. The van der Waals surface area contributed by atoms with Crippen molar-refractivity contribution in [3.63, 3.8) is 0 Å². The quantitative estimate of drug-likeness (QED) is 0.657. The van der Waals surface area contributed by atoms with Gasteiger partial charge in [0.25, 0.3) is 5.91 Å². The van der Waals surface area contributed by atoms with Crippen LogP contribution in [-0.2, 0) is 13.1 Å². The van der Waals surface area contributed by atoms with Crippen molar-refractivity contribution >= 4 is 28.8 Å². The summed E-state index contributed by atoms with van der Waals surface area (Å²) in [7, 11) is 0. The Bertz CT molecular complexity index is 883. The van der Waals surface area contributed by atoms with Crippen LogP contribution in [0.25, 0.3) is 0 Å². The molecule has 1 aliphatic heterocycles. The molecule has 1 aromatic carbocycles. The molecule has 1 aliphatic rings. The number of rotatable bonds is 5. The van der Waals surface area contributed by atoms with E-state index in [4.69, 9.17) is 11.6 Å². The summed E-state index contributed by atoms with van der Waals surface area (Å²) in [5.74, 6) is 0.111. The number of hydrogen-bond donors (Lipinski definition) is 0. The average Bonchev–Trinajstić information content (AvgIpc) is 3.34. The fourth-order valence-electron chi connectivity index (χ4n) is 3.28. The number of aromatic nitrogens is 2. The first-order chi connectivity index (χ1) is 13.2. The van der Waals surface area contributed by atoms with Crippen molar-refractivity contribution in [2.45, 2.75) is 13.1 Å². The molecular formula is C20H21ClN4OS. The van der Waals surface area contributed by atoms with Crippen LogP contribution in [-0.4, -0.2) is 51.7 Å². The molecule has 0 spiro atoms. The normalized spacial score (nSPS) is 15.2. The monoisotopic (exact) mass is 400 g/mol. The van der Waals surface area contributed by atoms with Gasteiger partial charge in [-0.1, -0.05) is 23.7 Å². The van der Waals surface area contributed by atoms with Crippen LogP contribution in [0.2, 0.25) is 4.34 Å². The molecule has 0 unspecified atom stereocenters. The SMILES string of the molecule is O=C(c1ccc(Cn2cccn2)cc1)N1CCN(Cc2ccc(Cl)s2)CC1. The van der Waals surface area contributed by atoms with Crippen LogP contribution < -0.4 is 0 Å². The topological polar surface area (TPSA) is 41.4 Å². The average molecular weight is 401 g/mol. The van der Waals surface area contributed by atoms with E-state index in [0.29, 0.717) is 6.54 Å². The van der Waals surface area contributed by atoms with E-state index in [1.54, 1.807) is 17.5 Å². The highest BCUT2D eigenvalue weighted by Gasteiger charge is 2.22. The van der Waals surface area contributed by atoms with Gasteiger partial charge in [-0.25, -0.2) is 0 Å². The minimum atomic E-state index is 0.111. The zero-order chi connectivity index (χ0) is 18.6. The Morgan fingerprint density at radius 3 is 2.44 bits per heavy atom. The lowest BCUT2D eigenvalue weighted by Crippen LogP contribution is -2.48. The molecular weight excluding hydrogens is 380 g/mol. The summed E-state index contributed by atoms with van der Waals surface area (Å²) in [5, 5.41) is 4.21. The molecule has 0 aliphatic carbocycles. The maximum atomic E-state index is 12.8. The third kappa shape index (κ3) is 4.58. The third-order valence-corrected chi connectivity index (χ3v) is 5.99. The summed E-state index contributed by atoms with van der Waals surface area (Å²) in [5.41, 5.74) is 1.88. The fraction of sp³-hybridized carbons (Fsp3) is 0.300. The van der Waals surface area contributed by atoms with Crippen LogP contribution in [0.5, 0.6) is 0 Å². The maximum absolute atomic E-state index is 12.8. The van der Waals surface area contributed by atoms with Crippen LogP contribution in [0.4, 0.5) is 0 Å². The second-order valence-electron chi connectivity index (χ2n) is 6.67. The highest BCUT2D eigenvalue weighted by atomic mass is 35.5. The molecule has 1 saturated heterocycles. The van der Waals surface area contributed by atoms with Gasteiger partial charge in [-0.2, -0.15) is 5.10 Å². The summed E-state index contributed by atoms with van der Waals surface area (Å²) in [6.45, 7) is 4.91. The fourth-order valence-corrected chi connectivity index (χ4v) is 4.41. The maximum Gasteiger partial charge on any atom is 0.253 e. The predicted molar refractivity (Wildman–Crippen MR) is 108 cm³/mol. The predicted octanol–water partition coefficient (Wildman–Crippen LogP) is 3.60. The molecule has 0 N–H and O–H groups in total. The zero-order valence-corrected chi connectivity index (χ0v) is 16.5. The van der Waals surface area contributed by atoms with E-state index in [2.05, 4.69) is 16.1 Å². The van der Waals surface area contributed by atoms with Gasteiger partial charge in [0.15, 0.2) is 0 Å². The molecule has 2 aromatic heterocycles. The lowest BCUT2D eigenvalue weighted by molar-refractivity contribution is 0.0629. The molecule has 4 rings (SSSR count). The van der Waals surface area contributed by atoms with Crippen molar-refractivity contribution in [2.75, 3.05) is 26.2 Å². The van der Waals surface area contributed by atoms with Crippen LogP contribution in [0.15, 0.2) is 54.9 Å². The first-order valence-corrected chi connectivity index (χ1v) is 10.2. The van der Waals surface area contributed by atoms with Crippen LogP contribution in [0.1, 0.15) is 20.8 Å². The van der Waals surface area contributed by atoms with Gasteiger partial charge < -0.3 is 4.90 Å². The van der Waals surface area contributed by atoms with E-state index in [1.807, 2.05) is 52.2 Å². The lowest BCUT2D eigenvalue weighted by Gasteiger charge is -2.34. The Morgan fingerprint density at radius 1 is 1.04 bits per heavy atom. The van der Waals surface area contributed by atoms with Gasteiger partial charge in [0.05, 0.1) is 10.9 Å². The number of amides is 1. The van der Waals surface area contributed by atoms with Gasteiger partial charge >= 0.3 is 0 Å². The number of halogens is 1. The van der Waals surface area contributed by atoms with Gasteiger partial charge in [0, 0.05) is 55.6 Å². The van der Waals surface area contributed by atoms with E-state index in [1.165, 1.54) is 4.88 Å². The minimum absolute atomic E-state index is 0.111. The smallest absolute Gasteiger partial charge is 0.253 e. The van der Waals surface area contributed by atoms with Crippen LogP contribution in [0.3, 0.4) is 0 Å². The number of carbonyl (C=O) groups is 1. The highest BCUT2D eigenvalue weighted by molar-refractivity contribution is 7.16. The highest BCUT2D eigenvalue weighted by Crippen LogP contribution is 2.23. The molecule has 3 heterocycles. The van der Waals surface area contributed by atoms with Gasteiger partial charge in [-0.05, 0) is 35.9 Å². The lowest BCUT2D eigenvalue weighted by atomic mass is 10.1. The molecule has 5 nitrogen and oxygen atoms in total. The number of nitrogens with zero attached hydrogens (tertiary/aromatic N) is 4. The van der Waals surface area contributed by atoms with Gasteiger partial charge in [0.2, 0.25) is 0 Å². The molecule has 0 saturated carbocycles. The molecule has 0 bridgehead atoms. The van der Waals surface area contributed by atoms with Gasteiger partial charge in [-0.15, -0.1) is 11.3 Å². The van der Waals surface area contributed by atoms with E-state index in [0.717, 1.165) is 48.2 Å². The number of carbonyl (C=O) groups excluding carboxylic acids is 1. The Morgan fingerprint density at radius 2 is 1.81 bits per heavy atom. The second-order valence-corrected chi connectivity index (χ2v) is 8.47. The van der Waals surface area contributed by atoms with Crippen molar-refractivity contribution in [3.8, 4) is 0 Å². The number of hydrogen-bond acceptors (Lipinski definition) is 4. The molecule has 3 aromatic rings. The van der Waals surface area contributed by atoms with Crippen molar-refractivity contribution in [3.05, 3.63) is 75.2 Å². The molecule has 7 heteroatoms. The number of thiophene rings is 1. The molecule has 0 atom stereocenters. The van der Waals surface area contributed by atoms with Crippen LogP contribution >= 0.6 is 22.9 Å². The van der Waals surface area contributed by atoms with Crippen molar-refractivity contribution in [1.82, 2.24) is 19.6 Å². The summed E-state index contributed by atoms with van der Waals surface area (Å²) in [6.07, 6.45) is 3.70. The van der Waals surface area contributed by atoms with Crippen molar-refractivity contribution in [2.24, 2.45) is 0 Å². The Kier molecular flexibility index (Phi) is 5.57.